The zero-order chi connectivity index (χ0) is 13.3. The predicted octanol–water partition coefficient (Wildman–Crippen LogP) is 0.216. The van der Waals surface area contributed by atoms with E-state index in [1.807, 2.05) is 0 Å². The number of hydrogen-bond acceptors (Lipinski definition) is 5. The first-order chi connectivity index (χ1) is 8.49. The molecule has 7 nitrogen and oxygen atoms in total. The molecule has 0 aliphatic carbocycles. The highest BCUT2D eigenvalue weighted by Gasteiger charge is 2.31. The second-order valence-electron chi connectivity index (χ2n) is 4.42. The molecule has 1 fully saturated rings. The highest BCUT2D eigenvalue weighted by molar-refractivity contribution is 5.95. The topological polar surface area (TPSA) is 104 Å². The monoisotopic (exact) mass is 254 g/mol. The Hall–Kier alpha value is -1.89. The van der Waals surface area contributed by atoms with Crippen LogP contribution in [0.15, 0.2) is 10.6 Å². The van der Waals surface area contributed by atoms with Crippen LogP contribution in [0.2, 0.25) is 0 Å². The largest absolute Gasteiger partial charge is 0.475 e. The van der Waals surface area contributed by atoms with Crippen molar-refractivity contribution in [2.45, 2.75) is 19.4 Å². The summed E-state index contributed by atoms with van der Waals surface area (Å²) in [5, 5.41) is 21.6. The molecule has 1 aliphatic rings. The number of carboxylic acid groups (broad SMARTS) is 1. The quantitative estimate of drug-likeness (QED) is 0.799. The molecule has 2 atom stereocenters. The van der Waals surface area contributed by atoms with Crippen molar-refractivity contribution < 1.29 is 24.3 Å². The molecule has 0 radical (unpaired) electrons. The van der Waals surface area contributed by atoms with Gasteiger partial charge in [-0.25, -0.2) is 4.79 Å². The lowest BCUT2D eigenvalue weighted by molar-refractivity contribution is 0.0648. The van der Waals surface area contributed by atoms with Gasteiger partial charge in [0.15, 0.2) is 5.69 Å². The first-order valence-corrected chi connectivity index (χ1v) is 5.66. The maximum atomic E-state index is 12.0. The Balaban J connectivity index is 2.05. The van der Waals surface area contributed by atoms with E-state index in [1.54, 1.807) is 11.8 Å². The fourth-order valence-electron chi connectivity index (χ4n) is 2.00. The number of carbonyl (C=O) groups excluding carboxylic acids is 1. The molecular formula is C11H14N2O5. The van der Waals surface area contributed by atoms with E-state index < -0.39 is 12.1 Å². The van der Waals surface area contributed by atoms with Crippen molar-refractivity contribution in [1.82, 2.24) is 10.1 Å². The molecule has 0 saturated carbocycles. The smallest absolute Gasteiger partial charge is 0.374 e. The zero-order valence-corrected chi connectivity index (χ0v) is 9.87. The van der Waals surface area contributed by atoms with Crippen molar-refractivity contribution in [2.75, 3.05) is 13.1 Å². The molecule has 1 aromatic rings. The van der Waals surface area contributed by atoms with Gasteiger partial charge in [0.1, 0.15) is 0 Å². The average Bonchev–Trinajstić information content (AvgIpc) is 2.97. The summed E-state index contributed by atoms with van der Waals surface area (Å²) in [6, 6.07) is 1.11. The Morgan fingerprint density at radius 1 is 1.61 bits per heavy atom. The number of nitrogens with zero attached hydrogens (tertiary/aromatic N) is 2. The van der Waals surface area contributed by atoms with Crippen LogP contribution in [-0.2, 0) is 0 Å². The van der Waals surface area contributed by atoms with Gasteiger partial charge < -0.3 is 19.6 Å². The van der Waals surface area contributed by atoms with Crippen LogP contribution in [-0.4, -0.2) is 51.3 Å². The molecule has 1 aliphatic heterocycles. The summed E-state index contributed by atoms with van der Waals surface area (Å²) >= 11 is 0. The molecule has 98 valence electrons. The number of hydrogen-bond donors (Lipinski definition) is 2. The Labute approximate surface area is 103 Å². The molecule has 1 amide bonds. The van der Waals surface area contributed by atoms with Crippen LogP contribution in [0.25, 0.3) is 0 Å². The summed E-state index contributed by atoms with van der Waals surface area (Å²) in [5.41, 5.74) is -0.0151. The van der Waals surface area contributed by atoms with Crippen LogP contribution in [0.1, 0.15) is 34.4 Å². The zero-order valence-electron chi connectivity index (χ0n) is 9.87. The van der Waals surface area contributed by atoms with Gasteiger partial charge in [-0.2, -0.15) is 0 Å². The molecule has 2 rings (SSSR count). The number of aromatic carboxylic acids is 1. The van der Waals surface area contributed by atoms with E-state index in [0.717, 1.165) is 12.5 Å². The van der Waals surface area contributed by atoms with Crippen LogP contribution >= 0.6 is 0 Å². The molecule has 1 saturated heterocycles. The normalized spacial score (nSPS) is 21.0. The highest BCUT2D eigenvalue weighted by Crippen LogP contribution is 2.21. The fraction of sp³-hybridized carbons (Fsp3) is 0.545. The standard InChI is InChI=1S/C11H14N2O5/c1-6(14)7-2-3-13(5-7)10(15)8-4-9(11(16)17)18-12-8/h4,6-7,14H,2-3,5H2,1H3,(H,16,17). The van der Waals surface area contributed by atoms with Crippen LogP contribution in [0.4, 0.5) is 0 Å². The predicted molar refractivity (Wildman–Crippen MR) is 59.2 cm³/mol. The minimum Gasteiger partial charge on any atom is -0.475 e. The number of amides is 1. The van der Waals surface area contributed by atoms with Gasteiger partial charge in [-0.1, -0.05) is 5.16 Å². The highest BCUT2D eigenvalue weighted by atomic mass is 16.5. The van der Waals surface area contributed by atoms with E-state index in [1.165, 1.54) is 0 Å². The molecule has 7 heteroatoms. The van der Waals surface area contributed by atoms with E-state index in [2.05, 4.69) is 9.68 Å². The summed E-state index contributed by atoms with van der Waals surface area (Å²) in [6.07, 6.45) is 0.266. The fourth-order valence-corrected chi connectivity index (χ4v) is 2.00. The summed E-state index contributed by atoms with van der Waals surface area (Å²) in [6.45, 7) is 2.67. The number of likely N-dealkylation sites (tertiary alicyclic amines) is 1. The number of carboxylic acids is 1. The van der Waals surface area contributed by atoms with Crippen molar-refractivity contribution in [3.05, 3.63) is 17.5 Å². The van der Waals surface area contributed by atoms with Crippen molar-refractivity contribution in [2.24, 2.45) is 5.92 Å². The lowest BCUT2D eigenvalue weighted by Gasteiger charge is -2.16. The van der Waals surface area contributed by atoms with Gasteiger partial charge >= 0.3 is 5.97 Å². The summed E-state index contributed by atoms with van der Waals surface area (Å²) in [7, 11) is 0. The van der Waals surface area contributed by atoms with Crippen molar-refractivity contribution in [1.29, 1.82) is 0 Å². The van der Waals surface area contributed by atoms with Crippen LogP contribution < -0.4 is 0 Å². The molecule has 0 bridgehead atoms. The van der Waals surface area contributed by atoms with E-state index >= 15 is 0 Å². The van der Waals surface area contributed by atoms with Crippen molar-refractivity contribution >= 4 is 11.9 Å². The molecule has 2 heterocycles. The Morgan fingerprint density at radius 3 is 2.83 bits per heavy atom. The molecule has 2 N–H and O–H groups in total. The molecule has 18 heavy (non-hydrogen) atoms. The maximum absolute atomic E-state index is 12.0. The van der Waals surface area contributed by atoms with Crippen molar-refractivity contribution in [3.63, 3.8) is 0 Å². The molecule has 0 spiro atoms. The minimum absolute atomic E-state index is 0.0151. The summed E-state index contributed by atoms with van der Waals surface area (Å²) < 4.78 is 4.53. The molecular weight excluding hydrogens is 240 g/mol. The Morgan fingerprint density at radius 2 is 2.33 bits per heavy atom. The molecule has 2 unspecified atom stereocenters. The maximum Gasteiger partial charge on any atom is 0.374 e. The van der Waals surface area contributed by atoms with Crippen LogP contribution in [0.3, 0.4) is 0 Å². The van der Waals surface area contributed by atoms with E-state index in [9.17, 15) is 14.7 Å². The Bertz CT molecular complexity index is 468. The van der Waals surface area contributed by atoms with Gasteiger partial charge in [-0.15, -0.1) is 0 Å². The Kier molecular flexibility index (Phi) is 3.33. The average molecular weight is 254 g/mol. The van der Waals surface area contributed by atoms with E-state index in [4.69, 9.17) is 5.11 Å². The molecule has 1 aromatic heterocycles. The SMILES string of the molecule is CC(O)C1CCN(C(=O)c2cc(C(=O)O)on2)C1. The third-order valence-corrected chi connectivity index (χ3v) is 3.13. The van der Waals surface area contributed by atoms with Crippen molar-refractivity contribution in [3.8, 4) is 0 Å². The van der Waals surface area contributed by atoms with Gasteiger partial charge in [-0.05, 0) is 13.3 Å². The number of rotatable bonds is 3. The lowest BCUT2D eigenvalue weighted by Crippen LogP contribution is -2.30. The number of aliphatic hydroxyl groups is 1. The van der Waals surface area contributed by atoms with Gasteiger partial charge in [-0.3, -0.25) is 4.79 Å². The molecule has 0 aromatic carbocycles. The second kappa shape index (κ2) is 4.77. The minimum atomic E-state index is -1.26. The van der Waals surface area contributed by atoms with Gasteiger partial charge in [0.25, 0.3) is 5.91 Å². The van der Waals surface area contributed by atoms with Gasteiger partial charge in [0.05, 0.1) is 6.10 Å². The first kappa shape index (κ1) is 12.6. The van der Waals surface area contributed by atoms with Gasteiger partial charge in [0, 0.05) is 25.1 Å². The van der Waals surface area contributed by atoms with Crippen LogP contribution in [0.5, 0.6) is 0 Å². The lowest BCUT2D eigenvalue weighted by atomic mass is 10.0. The summed E-state index contributed by atoms with van der Waals surface area (Å²) in [5.74, 6) is -1.93. The van der Waals surface area contributed by atoms with E-state index in [0.29, 0.717) is 13.1 Å². The summed E-state index contributed by atoms with van der Waals surface area (Å²) in [4.78, 5) is 24.1. The van der Waals surface area contributed by atoms with E-state index in [-0.39, 0.29) is 23.3 Å². The number of aliphatic hydroxyl groups excluding tert-OH is 1. The number of aromatic nitrogens is 1. The first-order valence-electron chi connectivity index (χ1n) is 5.66. The second-order valence-corrected chi connectivity index (χ2v) is 4.42. The van der Waals surface area contributed by atoms with Gasteiger partial charge in [0.2, 0.25) is 5.76 Å². The third-order valence-electron chi connectivity index (χ3n) is 3.13. The third kappa shape index (κ3) is 2.35. The van der Waals surface area contributed by atoms with Crippen LogP contribution in [0, 0.1) is 5.92 Å². The number of carbonyl (C=O) groups is 2.